The van der Waals surface area contributed by atoms with E-state index in [-0.39, 0.29) is 0 Å². The van der Waals surface area contributed by atoms with Gasteiger partial charge in [0.25, 0.3) is 0 Å². The molecule has 14 heavy (non-hydrogen) atoms. The minimum atomic E-state index is -0.902. The topological polar surface area (TPSA) is 71.2 Å². The van der Waals surface area contributed by atoms with E-state index in [1.54, 1.807) is 19.9 Å². The SMILES string of the molecule is CC(C)(O)c1cccc(NCCN)n1. The molecule has 0 aromatic carbocycles. The molecule has 0 bridgehead atoms. The van der Waals surface area contributed by atoms with E-state index in [0.717, 1.165) is 5.82 Å². The van der Waals surface area contributed by atoms with Crippen molar-refractivity contribution in [3.63, 3.8) is 0 Å². The average molecular weight is 195 g/mol. The van der Waals surface area contributed by atoms with E-state index in [1.165, 1.54) is 0 Å². The molecule has 0 spiro atoms. The van der Waals surface area contributed by atoms with Crippen LogP contribution in [0, 0.1) is 0 Å². The molecule has 0 unspecified atom stereocenters. The molecule has 4 heteroatoms. The summed E-state index contributed by atoms with van der Waals surface area (Å²) >= 11 is 0. The van der Waals surface area contributed by atoms with Crippen LogP contribution in [0.5, 0.6) is 0 Å². The minimum absolute atomic E-state index is 0.564. The highest BCUT2D eigenvalue weighted by molar-refractivity contribution is 5.36. The largest absolute Gasteiger partial charge is 0.384 e. The molecule has 0 radical (unpaired) electrons. The number of nitrogens with one attached hydrogen (secondary N) is 1. The first-order valence-electron chi connectivity index (χ1n) is 4.68. The van der Waals surface area contributed by atoms with E-state index >= 15 is 0 Å². The summed E-state index contributed by atoms with van der Waals surface area (Å²) in [6, 6.07) is 5.51. The first-order chi connectivity index (χ1) is 6.54. The fourth-order valence-corrected chi connectivity index (χ4v) is 1.07. The van der Waals surface area contributed by atoms with Crippen molar-refractivity contribution in [1.29, 1.82) is 0 Å². The Hall–Kier alpha value is -1.13. The summed E-state index contributed by atoms with van der Waals surface area (Å²) in [4.78, 5) is 4.26. The van der Waals surface area contributed by atoms with Gasteiger partial charge in [0, 0.05) is 13.1 Å². The Bertz CT molecular complexity index is 294. The fraction of sp³-hybridized carbons (Fsp3) is 0.500. The molecule has 1 rings (SSSR count). The van der Waals surface area contributed by atoms with E-state index < -0.39 is 5.60 Å². The van der Waals surface area contributed by atoms with Crippen molar-refractivity contribution >= 4 is 5.82 Å². The molecule has 0 aliphatic heterocycles. The number of rotatable bonds is 4. The molecule has 0 saturated heterocycles. The third-order valence-electron chi connectivity index (χ3n) is 1.83. The maximum atomic E-state index is 9.72. The molecular weight excluding hydrogens is 178 g/mol. The summed E-state index contributed by atoms with van der Waals surface area (Å²) in [5.74, 6) is 0.745. The lowest BCUT2D eigenvalue weighted by Crippen LogP contribution is -2.19. The lowest BCUT2D eigenvalue weighted by atomic mass is 10.1. The van der Waals surface area contributed by atoms with Gasteiger partial charge in [-0.05, 0) is 26.0 Å². The van der Waals surface area contributed by atoms with Gasteiger partial charge in [-0.15, -0.1) is 0 Å². The van der Waals surface area contributed by atoms with E-state index in [1.807, 2.05) is 12.1 Å². The van der Waals surface area contributed by atoms with Crippen LogP contribution in [0.1, 0.15) is 19.5 Å². The highest BCUT2D eigenvalue weighted by Gasteiger charge is 2.17. The summed E-state index contributed by atoms with van der Waals surface area (Å²) in [5.41, 5.74) is 5.11. The van der Waals surface area contributed by atoms with Crippen molar-refractivity contribution in [2.24, 2.45) is 5.73 Å². The van der Waals surface area contributed by atoms with Crippen LogP contribution in [0.15, 0.2) is 18.2 Å². The maximum Gasteiger partial charge on any atom is 0.126 e. The average Bonchev–Trinajstić information content (AvgIpc) is 2.14. The Morgan fingerprint density at radius 1 is 1.50 bits per heavy atom. The van der Waals surface area contributed by atoms with E-state index in [9.17, 15) is 5.11 Å². The van der Waals surface area contributed by atoms with E-state index in [4.69, 9.17) is 5.73 Å². The van der Waals surface area contributed by atoms with Crippen molar-refractivity contribution in [2.45, 2.75) is 19.4 Å². The normalized spacial score (nSPS) is 11.4. The number of aliphatic hydroxyl groups is 1. The van der Waals surface area contributed by atoms with Crippen molar-refractivity contribution in [3.05, 3.63) is 23.9 Å². The summed E-state index contributed by atoms with van der Waals surface area (Å²) in [6.45, 7) is 4.67. The number of aromatic nitrogens is 1. The van der Waals surface area contributed by atoms with Crippen LogP contribution in [-0.2, 0) is 5.60 Å². The predicted octanol–water partition coefficient (Wildman–Crippen LogP) is 0.680. The van der Waals surface area contributed by atoms with Crippen LogP contribution in [-0.4, -0.2) is 23.2 Å². The molecule has 1 aromatic heterocycles. The maximum absolute atomic E-state index is 9.72. The molecule has 4 nitrogen and oxygen atoms in total. The summed E-state index contributed by atoms with van der Waals surface area (Å²) < 4.78 is 0. The van der Waals surface area contributed by atoms with Gasteiger partial charge in [-0.2, -0.15) is 0 Å². The van der Waals surface area contributed by atoms with Gasteiger partial charge in [-0.25, -0.2) is 4.98 Å². The Morgan fingerprint density at radius 2 is 2.21 bits per heavy atom. The van der Waals surface area contributed by atoms with Crippen molar-refractivity contribution in [2.75, 3.05) is 18.4 Å². The zero-order valence-corrected chi connectivity index (χ0v) is 8.62. The monoisotopic (exact) mass is 195 g/mol. The number of hydrogen-bond acceptors (Lipinski definition) is 4. The van der Waals surface area contributed by atoms with Gasteiger partial charge in [0.15, 0.2) is 0 Å². The number of hydrogen-bond donors (Lipinski definition) is 3. The Kier molecular flexibility index (Phi) is 3.43. The lowest BCUT2D eigenvalue weighted by Gasteiger charge is -2.17. The van der Waals surface area contributed by atoms with Gasteiger partial charge in [-0.1, -0.05) is 6.07 Å². The van der Waals surface area contributed by atoms with Crippen LogP contribution in [0.4, 0.5) is 5.82 Å². The van der Waals surface area contributed by atoms with E-state index in [2.05, 4.69) is 10.3 Å². The number of pyridine rings is 1. The van der Waals surface area contributed by atoms with Gasteiger partial charge in [0.2, 0.25) is 0 Å². The van der Waals surface area contributed by atoms with Gasteiger partial charge in [0.1, 0.15) is 11.4 Å². The van der Waals surface area contributed by atoms with Gasteiger partial charge >= 0.3 is 0 Å². The highest BCUT2D eigenvalue weighted by Crippen LogP contribution is 2.18. The number of nitrogens with zero attached hydrogens (tertiary/aromatic N) is 1. The molecule has 1 aromatic rings. The van der Waals surface area contributed by atoms with Crippen molar-refractivity contribution in [1.82, 2.24) is 4.98 Å². The molecule has 1 heterocycles. The third kappa shape index (κ3) is 2.97. The third-order valence-corrected chi connectivity index (χ3v) is 1.83. The standard InChI is InChI=1S/C10H17N3O/c1-10(2,14)8-4-3-5-9(13-8)12-7-6-11/h3-5,14H,6-7,11H2,1-2H3,(H,12,13). The molecule has 0 fully saturated rings. The van der Waals surface area contributed by atoms with Crippen molar-refractivity contribution < 1.29 is 5.11 Å². The molecule has 0 amide bonds. The molecule has 0 aliphatic rings. The van der Waals surface area contributed by atoms with E-state index in [0.29, 0.717) is 18.8 Å². The summed E-state index contributed by atoms with van der Waals surface area (Å²) in [7, 11) is 0. The molecule has 0 saturated carbocycles. The molecular formula is C10H17N3O. The zero-order chi connectivity index (χ0) is 10.6. The van der Waals surface area contributed by atoms with Crippen LogP contribution < -0.4 is 11.1 Å². The quantitative estimate of drug-likeness (QED) is 0.660. The number of nitrogens with two attached hydrogens (primary N) is 1. The van der Waals surface area contributed by atoms with Crippen LogP contribution in [0.25, 0.3) is 0 Å². The fourth-order valence-electron chi connectivity index (χ4n) is 1.07. The summed E-state index contributed by atoms with van der Waals surface area (Å²) in [6.07, 6.45) is 0. The second-order valence-corrected chi connectivity index (χ2v) is 3.68. The van der Waals surface area contributed by atoms with Gasteiger partial charge < -0.3 is 16.2 Å². The zero-order valence-electron chi connectivity index (χ0n) is 8.62. The summed E-state index contributed by atoms with van der Waals surface area (Å²) in [5, 5.41) is 12.8. The number of anilines is 1. The highest BCUT2D eigenvalue weighted by atomic mass is 16.3. The Morgan fingerprint density at radius 3 is 2.79 bits per heavy atom. The smallest absolute Gasteiger partial charge is 0.126 e. The van der Waals surface area contributed by atoms with Gasteiger partial charge in [0.05, 0.1) is 5.69 Å². The predicted molar refractivity (Wildman–Crippen MR) is 57.0 cm³/mol. The Balaban J connectivity index is 2.79. The lowest BCUT2D eigenvalue weighted by molar-refractivity contribution is 0.0740. The van der Waals surface area contributed by atoms with Gasteiger partial charge in [-0.3, -0.25) is 0 Å². The second kappa shape index (κ2) is 4.39. The first kappa shape index (κ1) is 10.9. The molecule has 0 atom stereocenters. The molecule has 0 aliphatic carbocycles. The van der Waals surface area contributed by atoms with Crippen molar-refractivity contribution in [3.8, 4) is 0 Å². The van der Waals surface area contributed by atoms with Crippen LogP contribution in [0.2, 0.25) is 0 Å². The molecule has 4 N–H and O–H groups in total. The minimum Gasteiger partial charge on any atom is -0.384 e. The van der Waals surface area contributed by atoms with Crippen LogP contribution >= 0.6 is 0 Å². The second-order valence-electron chi connectivity index (χ2n) is 3.68. The molecule has 78 valence electrons. The first-order valence-corrected chi connectivity index (χ1v) is 4.68. The van der Waals surface area contributed by atoms with Crippen LogP contribution in [0.3, 0.4) is 0 Å². The Labute approximate surface area is 84.2 Å².